The highest BCUT2D eigenvalue weighted by atomic mass is 32.1. The van der Waals surface area contributed by atoms with Crippen LogP contribution < -0.4 is 5.32 Å². The molecule has 3 aromatic heterocycles. The lowest BCUT2D eigenvalue weighted by molar-refractivity contribution is 0.0954. The Morgan fingerprint density at radius 2 is 2.09 bits per heavy atom. The fourth-order valence-electron chi connectivity index (χ4n) is 2.02. The summed E-state index contributed by atoms with van der Waals surface area (Å²) in [5.41, 5.74) is 1.86. The molecule has 0 aliphatic rings. The van der Waals surface area contributed by atoms with Crippen molar-refractivity contribution in [2.75, 3.05) is 11.9 Å². The summed E-state index contributed by atoms with van der Waals surface area (Å²) in [6.45, 7) is 1.66. The number of aryl methyl sites for hydroxylation is 1. The minimum atomic E-state index is -0.952. The van der Waals surface area contributed by atoms with E-state index in [0.29, 0.717) is 10.8 Å². The van der Waals surface area contributed by atoms with Crippen molar-refractivity contribution in [3.63, 3.8) is 0 Å². The van der Waals surface area contributed by atoms with Crippen LogP contribution in [0.25, 0.3) is 10.6 Å². The van der Waals surface area contributed by atoms with Crippen molar-refractivity contribution < 1.29 is 10.2 Å². The molecule has 23 heavy (non-hydrogen) atoms. The average molecular weight is 328 g/mol. The van der Waals surface area contributed by atoms with Gasteiger partial charge in [0, 0.05) is 12.4 Å². The van der Waals surface area contributed by atoms with E-state index < -0.39 is 6.10 Å². The number of thiazole rings is 1. The molecule has 3 rings (SSSR count). The van der Waals surface area contributed by atoms with E-state index in [0.717, 1.165) is 22.0 Å². The van der Waals surface area contributed by atoms with Crippen LogP contribution in [-0.2, 0) is 0 Å². The van der Waals surface area contributed by atoms with E-state index in [1.807, 2.05) is 37.3 Å². The molecular weight excluding hydrogens is 312 g/mol. The van der Waals surface area contributed by atoms with E-state index in [-0.39, 0.29) is 6.61 Å². The molecule has 0 amide bonds. The smallest absolute Gasteiger partial charge is 0.132 e. The number of hydrogen-bond donors (Lipinski definition) is 3. The molecule has 1 atom stereocenters. The maximum atomic E-state index is 9.62. The Bertz CT molecular complexity index is 806. The molecule has 0 aromatic carbocycles. The molecule has 3 aromatic rings. The predicted molar refractivity (Wildman–Crippen MR) is 89.6 cm³/mol. The zero-order valence-electron chi connectivity index (χ0n) is 12.5. The highest BCUT2D eigenvalue weighted by Gasteiger charge is 2.13. The molecule has 0 saturated heterocycles. The van der Waals surface area contributed by atoms with Crippen LogP contribution in [0, 0.1) is 6.92 Å². The second-order valence-electron chi connectivity index (χ2n) is 5.01. The zero-order chi connectivity index (χ0) is 16.2. The molecule has 3 heterocycles. The molecule has 7 heteroatoms. The lowest BCUT2D eigenvalue weighted by atomic mass is 10.3. The number of nitrogens with zero attached hydrogens (tertiary/aromatic N) is 3. The van der Waals surface area contributed by atoms with Crippen LogP contribution >= 0.6 is 11.3 Å². The first-order valence-corrected chi connectivity index (χ1v) is 7.89. The van der Waals surface area contributed by atoms with Crippen molar-refractivity contribution in [1.29, 1.82) is 0 Å². The Morgan fingerprint density at radius 3 is 2.87 bits per heavy atom. The monoisotopic (exact) mass is 328 g/mol. The van der Waals surface area contributed by atoms with E-state index in [1.165, 1.54) is 11.3 Å². The third-order valence-electron chi connectivity index (χ3n) is 3.15. The number of aromatic nitrogens is 3. The van der Waals surface area contributed by atoms with Crippen molar-refractivity contribution in [2.24, 2.45) is 0 Å². The molecule has 0 aliphatic heterocycles. The SMILES string of the molecule is Cc1ccnc(Nc2cccc(-c3cnc([C@@H](O)CO)s3)n2)c1. The zero-order valence-corrected chi connectivity index (χ0v) is 13.3. The summed E-state index contributed by atoms with van der Waals surface area (Å²) >= 11 is 1.31. The number of aliphatic hydroxyl groups excluding tert-OH is 2. The van der Waals surface area contributed by atoms with Crippen LogP contribution in [-0.4, -0.2) is 31.8 Å². The second kappa shape index (κ2) is 6.82. The minimum Gasteiger partial charge on any atom is -0.393 e. The number of anilines is 2. The fourth-order valence-corrected chi connectivity index (χ4v) is 2.88. The molecule has 0 aliphatic carbocycles. The van der Waals surface area contributed by atoms with Gasteiger partial charge in [-0.15, -0.1) is 11.3 Å². The molecule has 0 saturated carbocycles. The Balaban J connectivity index is 1.83. The lowest BCUT2D eigenvalue weighted by Crippen LogP contribution is -2.00. The second-order valence-corrected chi connectivity index (χ2v) is 6.07. The van der Waals surface area contributed by atoms with Crippen molar-refractivity contribution >= 4 is 23.0 Å². The summed E-state index contributed by atoms with van der Waals surface area (Å²) in [6, 6.07) is 9.49. The van der Waals surface area contributed by atoms with E-state index in [4.69, 9.17) is 5.11 Å². The normalized spacial score (nSPS) is 12.1. The van der Waals surface area contributed by atoms with Gasteiger partial charge in [0.05, 0.1) is 17.2 Å². The van der Waals surface area contributed by atoms with Gasteiger partial charge in [0.1, 0.15) is 22.7 Å². The van der Waals surface area contributed by atoms with Gasteiger partial charge >= 0.3 is 0 Å². The van der Waals surface area contributed by atoms with Crippen LogP contribution in [0.5, 0.6) is 0 Å². The maximum absolute atomic E-state index is 9.62. The van der Waals surface area contributed by atoms with Gasteiger partial charge in [0.15, 0.2) is 0 Å². The van der Waals surface area contributed by atoms with Gasteiger partial charge in [0.2, 0.25) is 0 Å². The van der Waals surface area contributed by atoms with Gasteiger partial charge in [-0.3, -0.25) is 0 Å². The van der Waals surface area contributed by atoms with E-state index in [1.54, 1.807) is 12.4 Å². The first kappa shape index (κ1) is 15.5. The van der Waals surface area contributed by atoms with Gasteiger partial charge < -0.3 is 15.5 Å². The van der Waals surface area contributed by atoms with Crippen LogP contribution in [0.1, 0.15) is 16.7 Å². The van der Waals surface area contributed by atoms with Crippen molar-refractivity contribution in [2.45, 2.75) is 13.0 Å². The Labute approximate surface area is 137 Å². The number of rotatable bonds is 5. The number of hydrogen-bond acceptors (Lipinski definition) is 7. The van der Waals surface area contributed by atoms with Crippen LogP contribution in [0.2, 0.25) is 0 Å². The minimum absolute atomic E-state index is 0.346. The Hall–Kier alpha value is -2.35. The predicted octanol–water partition coefficient (Wildman–Crippen LogP) is 2.68. The maximum Gasteiger partial charge on any atom is 0.132 e. The number of pyridine rings is 2. The van der Waals surface area contributed by atoms with Crippen LogP contribution in [0.3, 0.4) is 0 Å². The Kier molecular flexibility index (Phi) is 4.61. The number of aliphatic hydroxyl groups is 2. The van der Waals surface area contributed by atoms with Gasteiger partial charge in [-0.2, -0.15) is 0 Å². The Morgan fingerprint density at radius 1 is 1.22 bits per heavy atom. The summed E-state index contributed by atoms with van der Waals surface area (Å²) in [5, 5.41) is 22.2. The number of nitrogens with one attached hydrogen (secondary N) is 1. The third kappa shape index (κ3) is 3.70. The molecule has 118 valence electrons. The van der Waals surface area contributed by atoms with Crippen molar-refractivity contribution in [3.8, 4) is 10.6 Å². The largest absolute Gasteiger partial charge is 0.393 e. The molecule has 6 nitrogen and oxygen atoms in total. The van der Waals surface area contributed by atoms with Crippen LogP contribution in [0.4, 0.5) is 11.6 Å². The van der Waals surface area contributed by atoms with Gasteiger partial charge in [-0.05, 0) is 36.8 Å². The van der Waals surface area contributed by atoms with Gasteiger partial charge in [-0.1, -0.05) is 6.07 Å². The standard InChI is InChI=1S/C16H16N4O2S/c1-10-5-6-17-15(7-10)20-14-4-2-3-11(19-14)13-8-18-16(23-13)12(22)9-21/h2-8,12,21-22H,9H2,1H3,(H,17,19,20)/t12-/m0/s1. The molecule has 0 fully saturated rings. The molecule has 0 unspecified atom stereocenters. The summed E-state index contributed by atoms with van der Waals surface area (Å²) in [5.74, 6) is 1.41. The summed E-state index contributed by atoms with van der Waals surface area (Å²) in [4.78, 5) is 13.7. The quantitative estimate of drug-likeness (QED) is 0.667. The average Bonchev–Trinajstić information content (AvgIpc) is 3.04. The van der Waals surface area contributed by atoms with E-state index in [9.17, 15) is 5.11 Å². The molecule has 3 N–H and O–H groups in total. The van der Waals surface area contributed by atoms with E-state index >= 15 is 0 Å². The van der Waals surface area contributed by atoms with Crippen LogP contribution in [0.15, 0.2) is 42.7 Å². The molecule has 0 spiro atoms. The fraction of sp³-hybridized carbons (Fsp3) is 0.188. The molecule has 0 radical (unpaired) electrons. The van der Waals surface area contributed by atoms with Crippen molar-refractivity contribution in [3.05, 3.63) is 53.3 Å². The highest BCUT2D eigenvalue weighted by Crippen LogP contribution is 2.28. The first-order valence-electron chi connectivity index (χ1n) is 7.07. The van der Waals surface area contributed by atoms with E-state index in [2.05, 4.69) is 20.3 Å². The summed E-state index contributed by atoms with van der Waals surface area (Å²) in [7, 11) is 0. The third-order valence-corrected chi connectivity index (χ3v) is 4.28. The summed E-state index contributed by atoms with van der Waals surface area (Å²) in [6.07, 6.45) is 2.44. The topological polar surface area (TPSA) is 91.2 Å². The molecular formula is C16H16N4O2S. The van der Waals surface area contributed by atoms with Gasteiger partial charge in [-0.25, -0.2) is 15.0 Å². The highest BCUT2D eigenvalue weighted by molar-refractivity contribution is 7.15. The van der Waals surface area contributed by atoms with Gasteiger partial charge in [0.25, 0.3) is 0 Å². The lowest BCUT2D eigenvalue weighted by Gasteiger charge is -2.06. The summed E-state index contributed by atoms with van der Waals surface area (Å²) < 4.78 is 0. The van der Waals surface area contributed by atoms with Crippen molar-refractivity contribution in [1.82, 2.24) is 15.0 Å². The molecule has 0 bridgehead atoms. The first-order chi connectivity index (χ1) is 11.2.